The minimum Gasteiger partial charge on any atom is -0.443 e. The first-order chi connectivity index (χ1) is 11.4. The van der Waals surface area contributed by atoms with Crippen molar-refractivity contribution in [3.05, 3.63) is 0 Å². The van der Waals surface area contributed by atoms with E-state index in [1.165, 1.54) is 12.8 Å². The van der Waals surface area contributed by atoms with Crippen LogP contribution in [0.3, 0.4) is 0 Å². The Kier molecular flexibility index (Phi) is 6.75. The van der Waals surface area contributed by atoms with Gasteiger partial charge in [0, 0.05) is 13.1 Å². The maximum atomic E-state index is 11.9. The molecule has 0 atom stereocenters. The molecular weight excluding hydrogens is 308 g/mol. The molecule has 6 heteroatoms. The van der Waals surface area contributed by atoms with Gasteiger partial charge in [-0.3, -0.25) is 0 Å². The van der Waals surface area contributed by atoms with Gasteiger partial charge < -0.3 is 20.1 Å². The van der Waals surface area contributed by atoms with Crippen molar-refractivity contribution in [2.75, 3.05) is 13.1 Å². The van der Waals surface area contributed by atoms with Gasteiger partial charge >= 0.3 is 12.2 Å². The fourth-order valence-corrected chi connectivity index (χ4v) is 3.65. The van der Waals surface area contributed by atoms with Crippen LogP contribution in [0.2, 0.25) is 0 Å². The molecule has 0 unspecified atom stereocenters. The summed E-state index contributed by atoms with van der Waals surface area (Å²) in [6.07, 6.45) is 9.72. The molecule has 2 rings (SSSR count). The SMILES string of the molecule is CC1(OC(=O)NCCNC(=O)OC2(C)CCCCC2)CCCCC1. The van der Waals surface area contributed by atoms with E-state index in [9.17, 15) is 9.59 Å². The van der Waals surface area contributed by atoms with Gasteiger partial charge in [0.2, 0.25) is 0 Å². The van der Waals surface area contributed by atoms with Crippen molar-refractivity contribution in [2.24, 2.45) is 0 Å². The van der Waals surface area contributed by atoms with Crippen LogP contribution in [-0.2, 0) is 9.47 Å². The van der Waals surface area contributed by atoms with E-state index in [4.69, 9.17) is 9.47 Å². The van der Waals surface area contributed by atoms with Gasteiger partial charge in [0.25, 0.3) is 0 Å². The molecule has 2 aliphatic rings. The molecule has 138 valence electrons. The zero-order valence-electron chi connectivity index (χ0n) is 15.1. The monoisotopic (exact) mass is 340 g/mol. The van der Waals surface area contributed by atoms with Crippen molar-refractivity contribution >= 4 is 12.2 Å². The Hall–Kier alpha value is -1.46. The van der Waals surface area contributed by atoms with Crippen molar-refractivity contribution in [3.63, 3.8) is 0 Å². The van der Waals surface area contributed by atoms with Gasteiger partial charge in [-0.25, -0.2) is 9.59 Å². The topological polar surface area (TPSA) is 76.7 Å². The van der Waals surface area contributed by atoms with Crippen LogP contribution in [0.1, 0.15) is 78.1 Å². The molecule has 0 spiro atoms. The van der Waals surface area contributed by atoms with E-state index in [1.807, 2.05) is 13.8 Å². The fraction of sp³-hybridized carbons (Fsp3) is 0.889. The first-order valence-corrected chi connectivity index (χ1v) is 9.35. The summed E-state index contributed by atoms with van der Waals surface area (Å²) < 4.78 is 11.1. The Bertz CT molecular complexity index is 387. The molecule has 2 amide bonds. The zero-order chi connectivity index (χ0) is 17.5. The molecule has 0 radical (unpaired) electrons. The van der Waals surface area contributed by atoms with Gasteiger partial charge in [0.15, 0.2) is 0 Å². The quantitative estimate of drug-likeness (QED) is 0.745. The second-order valence-corrected chi connectivity index (χ2v) is 7.65. The van der Waals surface area contributed by atoms with E-state index < -0.39 is 12.2 Å². The third kappa shape index (κ3) is 6.21. The molecule has 0 heterocycles. The van der Waals surface area contributed by atoms with Gasteiger partial charge in [-0.05, 0) is 65.2 Å². The molecule has 0 aliphatic heterocycles. The van der Waals surface area contributed by atoms with E-state index in [0.29, 0.717) is 13.1 Å². The standard InChI is InChI=1S/C18H32N2O4/c1-17(9-5-3-6-10-17)23-15(21)19-13-14-20-16(22)24-18(2)11-7-4-8-12-18/h3-14H2,1-2H3,(H,19,21)(H,20,22). The van der Waals surface area contributed by atoms with Crippen LogP contribution >= 0.6 is 0 Å². The van der Waals surface area contributed by atoms with E-state index in [2.05, 4.69) is 10.6 Å². The van der Waals surface area contributed by atoms with Crippen molar-refractivity contribution in [1.82, 2.24) is 10.6 Å². The second-order valence-electron chi connectivity index (χ2n) is 7.65. The minimum absolute atomic E-state index is 0.334. The summed E-state index contributed by atoms with van der Waals surface area (Å²) in [5.41, 5.74) is -0.686. The number of rotatable bonds is 5. The van der Waals surface area contributed by atoms with Crippen LogP contribution in [-0.4, -0.2) is 36.5 Å². The number of hydrogen-bond donors (Lipinski definition) is 2. The minimum atomic E-state index is -0.409. The van der Waals surface area contributed by atoms with Crippen molar-refractivity contribution in [1.29, 1.82) is 0 Å². The molecule has 0 saturated heterocycles. The molecule has 0 aromatic rings. The summed E-state index contributed by atoms with van der Waals surface area (Å²) in [6.45, 7) is 4.65. The first kappa shape index (κ1) is 18.9. The molecule has 24 heavy (non-hydrogen) atoms. The van der Waals surface area contributed by atoms with Crippen molar-refractivity contribution in [2.45, 2.75) is 89.3 Å². The summed E-state index contributed by atoms with van der Waals surface area (Å²) in [4.78, 5) is 23.7. The largest absolute Gasteiger partial charge is 0.443 e. The molecular formula is C18H32N2O4. The van der Waals surface area contributed by atoms with Crippen LogP contribution < -0.4 is 10.6 Å². The van der Waals surface area contributed by atoms with E-state index in [1.54, 1.807) is 0 Å². The molecule has 0 aromatic heterocycles. The van der Waals surface area contributed by atoms with Gasteiger partial charge in [0.1, 0.15) is 11.2 Å². The number of nitrogens with one attached hydrogen (secondary N) is 2. The van der Waals surface area contributed by atoms with Crippen LogP contribution in [0.4, 0.5) is 9.59 Å². The highest BCUT2D eigenvalue weighted by atomic mass is 16.6. The van der Waals surface area contributed by atoms with Crippen LogP contribution in [0.25, 0.3) is 0 Å². The Morgan fingerprint density at radius 2 is 1.04 bits per heavy atom. The lowest BCUT2D eigenvalue weighted by Gasteiger charge is -2.33. The summed E-state index contributed by atoms with van der Waals surface area (Å²) in [7, 11) is 0. The van der Waals surface area contributed by atoms with Gasteiger partial charge in [-0.15, -0.1) is 0 Å². The van der Waals surface area contributed by atoms with E-state index in [-0.39, 0.29) is 11.2 Å². The van der Waals surface area contributed by atoms with Crippen molar-refractivity contribution < 1.29 is 19.1 Å². The zero-order valence-corrected chi connectivity index (χ0v) is 15.1. The summed E-state index contributed by atoms with van der Waals surface area (Å²) in [6, 6.07) is 0. The normalized spacial score (nSPS) is 22.2. The Balaban J connectivity index is 1.58. The van der Waals surface area contributed by atoms with Crippen LogP contribution in [0, 0.1) is 0 Å². The molecule has 2 saturated carbocycles. The molecule has 6 nitrogen and oxygen atoms in total. The maximum Gasteiger partial charge on any atom is 0.407 e. The molecule has 0 bridgehead atoms. The third-order valence-electron chi connectivity index (χ3n) is 5.16. The molecule has 2 aliphatic carbocycles. The van der Waals surface area contributed by atoms with Gasteiger partial charge in [-0.1, -0.05) is 12.8 Å². The lowest BCUT2D eigenvalue weighted by Crippen LogP contribution is -2.42. The highest BCUT2D eigenvalue weighted by Gasteiger charge is 2.31. The molecule has 2 N–H and O–H groups in total. The average molecular weight is 340 g/mol. The van der Waals surface area contributed by atoms with Crippen LogP contribution in [0.5, 0.6) is 0 Å². The number of alkyl carbamates (subject to hydrolysis) is 2. The predicted molar refractivity (Wildman–Crippen MR) is 91.9 cm³/mol. The number of carbonyl (C=O) groups excluding carboxylic acids is 2. The Labute approximate surface area is 145 Å². The number of amides is 2. The van der Waals surface area contributed by atoms with E-state index in [0.717, 1.165) is 51.4 Å². The lowest BCUT2D eigenvalue weighted by atomic mass is 9.86. The summed E-state index contributed by atoms with van der Waals surface area (Å²) in [5.74, 6) is 0. The highest BCUT2D eigenvalue weighted by molar-refractivity contribution is 5.69. The molecule has 2 fully saturated rings. The smallest absolute Gasteiger partial charge is 0.407 e. The van der Waals surface area contributed by atoms with Crippen LogP contribution in [0.15, 0.2) is 0 Å². The number of ether oxygens (including phenoxy) is 2. The lowest BCUT2D eigenvalue weighted by molar-refractivity contribution is -0.00453. The third-order valence-corrected chi connectivity index (χ3v) is 5.16. The Morgan fingerprint density at radius 1 is 0.708 bits per heavy atom. The van der Waals surface area contributed by atoms with Crippen molar-refractivity contribution in [3.8, 4) is 0 Å². The Morgan fingerprint density at radius 3 is 1.38 bits per heavy atom. The van der Waals surface area contributed by atoms with Gasteiger partial charge in [0.05, 0.1) is 0 Å². The first-order valence-electron chi connectivity index (χ1n) is 9.35. The summed E-state index contributed by atoms with van der Waals surface area (Å²) >= 11 is 0. The maximum absolute atomic E-state index is 11.9. The predicted octanol–water partition coefficient (Wildman–Crippen LogP) is 3.88. The summed E-state index contributed by atoms with van der Waals surface area (Å²) in [5, 5.41) is 5.38. The number of hydrogen-bond acceptors (Lipinski definition) is 4. The van der Waals surface area contributed by atoms with Gasteiger partial charge in [-0.2, -0.15) is 0 Å². The number of carbonyl (C=O) groups is 2. The highest BCUT2D eigenvalue weighted by Crippen LogP contribution is 2.31. The molecule has 0 aromatic carbocycles. The fourth-order valence-electron chi connectivity index (χ4n) is 3.65. The second kappa shape index (κ2) is 8.58. The average Bonchev–Trinajstić information content (AvgIpc) is 2.52. The van der Waals surface area contributed by atoms with E-state index >= 15 is 0 Å².